The van der Waals surface area contributed by atoms with Gasteiger partial charge in [0.2, 0.25) is 29.1 Å². The van der Waals surface area contributed by atoms with Crippen LogP contribution in [0.25, 0.3) is 0 Å². The molecule has 0 spiro atoms. The van der Waals surface area contributed by atoms with Crippen molar-refractivity contribution in [1.29, 1.82) is 0 Å². The molecule has 2 N–H and O–H groups in total. The Morgan fingerprint density at radius 2 is 1.07 bits per heavy atom. The van der Waals surface area contributed by atoms with Gasteiger partial charge in [0.1, 0.15) is 5.54 Å². The molecule has 2 aromatic heterocycles. The smallest absolute Gasteiger partial charge is 0.328 e. The fourth-order valence-electron chi connectivity index (χ4n) is 10.8. The van der Waals surface area contributed by atoms with Crippen LogP contribution in [0.5, 0.6) is 11.5 Å². The van der Waals surface area contributed by atoms with Crippen molar-refractivity contribution < 1.29 is 33.4 Å². The number of nitrogens with zero attached hydrogens (tertiary/aromatic N) is 6. The van der Waals surface area contributed by atoms with Crippen molar-refractivity contribution in [1.82, 2.24) is 29.4 Å². The van der Waals surface area contributed by atoms with Gasteiger partial charge in [-0.25, -0.2) is 4.79 Å². The molecule has 6 aromatic rings. The van der Waals surface area contributed by atoms with Crippen molar-refractivity contribution in [3.05, 3.63) is 187 Å². The highest BCUT2D eigenvalue weighted by Gasteiger charge is 2.44. The number of aromatic nitrogens is 4. The van der Waals surface area contributed by atoms with Gasteiger partial charge in [-0.2, -0.15) is 10.2 Å². The average Bonchev–Trinajstić information content (AvgIpc) is 3.40. The highest BCUT2D eigenvalue weighted by Crippen LogP contribution is 2.44. The molecule has 0 bridgehead atoms. The van der Waals surface area contributed by atoms with Crippen LogP contribution in [-0.2, 0) is 14.3 Å². The number of carbonyl (C=O) groups excluding carboxylic acids is 4. The van der Waals surface area contributed by atoms with Gasteiger partial charge in [0.05, 0.1) is 30.4 Å². The summed E-state index contributed by atoms with van der Waals surface area (Å²) in [6.45, 7) is 10.6. The van der Waals surface area contributed by atoms with Gasteiger partial charge in [-0.05, 0) is 101 Å². The molecule has 16 heteroatoms. The topological polar surface area (TPSA) is 198 Å². The first-order chi connectivity index (χ1) is 35.5. The molecule has 384 valence electrons. The zero-order chi connectivity index (χ0) is 52.4. The van der Waals surface area contributed by atoms with E-state index in [1.165, 1.54) is 13.8 Å². The SMILES string of the molecule is CC(C)N1CC(C(c2ccccc2)c2cccc(C3CCC(C(=O)Oc4c5n(ncc4=O)C(C(c4ccccc4)c4ccccc4)CN(C(C)C)C5=O)CC3)c2)n2ncc(=O)c(OCOC(=O)C(C)(C)N)c2C1=O. The number of benzene rings is 4. The second kappa shape index (κ2) is 21.4. The van der Waals surface area contributed by atoms with Gasteiger partial charge in [-0.3, -0.25) is 33.3 Å². The lowest BCUT2D eigenvalue weighted by molar-refractivity contribution is -0.155. The molecule has 4 aromatic carbocycles. The van der Waals surface area contributed by atoms with Crippen LogP contribution < -0.4 is 26.1 Å². The van der Waals surface area contributed by atoms with Crippen LogP contribution >= 0.6 is 0 Å². The number of hydrogen-bond acceptors (Lipinski definition) is 12. The minimum Gasteiger partial charge on any atom is -0.451 e. The fourth-order valence-corrected chi connectivity index (χ4v) is 10.8. The standard InChI is InChI=1S/C58H63N7O9/c1-35(2)62-33-45(64-50(54(62)68)52(46(66)30-60-64)72-34-73-57(71)58(5,6)59)49(40-21-14-9-15-22-40)43-24-16-23-42(29-43)37-25-27-41(28-26-37)56(70)74-53-47(67)31-61-65-44(32-63(36(3)4)55(69)51(53)65)48(38-17-10-7-11-18-38)39-19-12-8-13-20-39/h7-24,29-31,35-37,41,44-45,48-49H,25-28,32-34,59H2,1-6H3. The maximum absolute atomic E-state index is 14.4. The van der Waals surface area contributed by atoms with E-state index in [2.05, 4.69) is 28.4 Å². The van der Waals surface area contributed by atoms with E-state index in [0.29, 0.717) is 32.2 Å². The molecular weight excluding hydrogens is 939 g/mol. The average molecular weight is 1000 g/mol. The molecule has 16 nitrogen and oxygen atoms in total. The number of carbonyl (C=O) groups is 4. The monoisotopic (exact) mass is 1000 g/mol. The van der Waals surface area contributed by atoms with Crippen molar-refractivity contribution in [3.8, 4) is 11.5 Å². The van der Waals surface area contributed by atoms with Crippen molar-refractivity contribution in [2.45, 2.75) is 115 Å². The van der Waals surface area contributed by atoms with E-state index in [1.807, 2.05) is 125 Å². The van der Waals surface area contributed by atoms with Crippen molar-refractivity contribution in [2.75, 3.05) is 19.9 Å². The van der Waals surface area contributed by atoms with Gasteiger partial charge in [0.25, 0.3) is 11.8 Å². The number of hydrogen-bond donors (Lipinski definition) is 1. The fraction of sp³-hybridized carbons (Fsp3) is 0.379. The Morgan fingerprint density at radius 1 is 0.622 bits per heavy atom. The summed E-state index contributed by atoms with van der Waals surface area (Å²) >= 11 is 0. The molecule has 2 amide bonds. The molecule has 1 aliphatic carbocycles. The van der Waals surface area contributed by atoms with Gasteiger partial charge < -0.3 is 29.7 Å². The summed E-state index contributed by atoms with van der Waals surface area (Å²) in [4.78, 5) is 86.1. The van der Waals surface area contributed by atoms with E-state index >= 15 is 0 Å². The second-order valence-corrected chi connectivity index (χ2v) is 20.7. The molecule has 3 aliphatic rings. The molecular formula is C58H63N7O9. The third-order valence-electron chi connectivity index (χ3n) is 14.7. The minimum atomic E-state index is -1.31. The molecule has 3 unspecified atom stereocenters. The lowest BCUT2D eigenvalue weighted by atomic mass is 9.77. The molecule has 1 fully saturated rings. The van der Waals surface area contributed by atoms with Crippen LogP contribution in [-0.4, -0.2) is 90.6 Å². The van der Waals surface area contributed by atoms with E-state index in [4.69, 9.17) is 19.9 Å². The number of ether oxygens (including phenoxy) is 3. The summed E-state index contributed by atoms with van der Waals surface area (Å²) in [5.74, 6) is -3.81. The third-order valence-corrected chi connectivity index (χ3v) is 14.7. The number of fused-ring (bicyclic) bond motifs is 2. The second-order valence-electron chi connectivity index (χ2n) is 20.7. The summed E-state index contributed by atoms with van der Waals surface area (Å²) in [7, 11) is 0. The number of esters is 2. The lowest BCUT2D eigenvalue weighted by Crippen LogP contribution is -2.50. The Hall–Kier alpha value is -7.72. The summed E-state index contributed by atoms with van der Waals surface area (Å²) in [6, 6.07) is 36.8. The predicted octanol–water partition coefficient (Wildman–Crippen LogP) is 7.77. The number of amides is 2. The van der Waals surface area contributed by atoms with E-state index < -0.39 is 64.9 Å². The maximum Gasteiger partial charge on any atom is 0.328 e. The highest BCUT2D eigenvalue weighted by molar-refractivity contribution is 5.97. The largest absolute Gasteiger partial charge is 0.451 e. The molecule has 4 heterocycles. The Kier molecular flexibility index (Phi) is 14.8. The first kappa shape index (κ1) is 51.2. The Morgan fingerprint density at radius 3 is 1.54 bits per heavy atom. The van der Waals surface area contributed by atoms with Crippen molar-refractivity contribution in [2.24, 2.45) is 11.7 Å². The Labute approximate surface area is 430 Å². The molecule has 1 saturated carbocycles. The summed E-state index contributed by atoms with van der Waals surface area (Å²) in [5, 5.41) is 9.14. The van der Waals surface area contributed by atoms with E-state index in [9.17, 15) is 28.8 Å². The van der Waals surface area contributed by atoms with Crippen LogP contribution in [0.1, 0.15) is 146 Å². The van der Waals surface area contributed by atoms with Gasteiger partial charge >= 0.3 is 11.9 Å². The summed E-state index contributed by atoms with van der Waals surface area (Å²) in [5.41, 5.74) is 8.25. The number of nitrogens with two attached hydrogens (primary N) is 1. The van der Waals surface area contributed by atoms with Crippen LogP contribution in [0, 0.1) is 5.92 Å². The minimum absolute atomic E-state index is 0.0321. The van der Waals surface area contributed by atoms with Gasteiger partial charge in [-0.15, -0.1) is 0 Å². The molecule has 74 heavy (non-hydrogen) atoms. The summed E-state index contributed by atoms with van der Waals surface area (Å²) in [6.07, 6.45) is 4.55. The van der Waals surface area contributed by atoms with Crippen molar-refractivity contribution >= 4 is 23.8 Å². The maximum atomic E-state index is 14.4. The first-order valence-electron chi connectivity index (χ1n) is 25.4. The van der Waals surface area contributed by atoms with Gasteiger partial charge in [0.15, 0.2) is 11.4 Å². The highest BCUT2D eigenvalue weighted by atomic mass is 16.7. The predicted molar refractivity (Wildman–Crippen MR) is 277 cm³/mol. The molecule has 2 aliphatic heterocycles. The lowest BCUT2D eigenvalue weighted by Gasteiger charge is -2.41. The van der Waals surface area contributed by atoms with E-state index in [1.54, 1.807) is 19.2 Å². The molecule has 0 radical (unpaired) electrons. The zero-order valence-electron chi connectivity index (χ0n) is 42.6. The normalized spacial score (nSPS) is 19.3. The van der Waals surface area contributed by atoms with Crippen LogP contribution in [0.3, 0.4) is 0 Å². The van der Waals surface area contributed by atoms with Gasteiger partial charge in [-0.1, -0.05) is 115 Å². The van der Waals surface area contributed by atoms with Gasteiger partial charge in [0, 0.05) is 37.0 Å². The van der Waals surface area contributed by atoms with Crippen LogP contribution in [0.2, 0.25) is 0 Å². The number of rotatable bonds is 15. The van der Waals surface area contributed by atoms with Crippen LogP contribution in [0.4, 0.5) is 0 Å². The zero-order valence-corrected chi connectivity index (χ0v) is 42.6. The van der Waals surface area contributed by atoms with Crippen molar-refractivity contribution in [3.63, 3.8) is 0 Å². The Bertz CT molecular complexity index is 3110. The third kappa shape index (κ3) is 10.3. The molecule has 3 atom stereocenters. The van der Waals surface area contributed by atoms with E-state index in [0.717, 1.165) is 40.2 Å². The van der Waals surface area contributed by atoms with E-state index in [-0.39, 0.29) is 59.3 Å². The van der Waals surface area contributed by atoms with Crippen LogP contribution in [0.15, 0.2) is 137 Å². The first-order valence-corrected chi connectivity index (χ1v) is 25.4. The Balaban J connectivity index is 0.982. The quantitative estimate of drug-likeness (QED) is 0.0776. The summed E-state index contributed by atoms with van der Waals surface area (Å²) < 4.78 is 20.3. The molecule has 9 rings (SSSR count). The molecule has 0 saturated heterocycles.